The van der Waals surface area contributed by atoms with Crippen LogP contribution in [0.4, 0.5) is 0 Å². The Morgan fingerprint density at radius 2 is 2.12 bits per heavy atom. The van der Waals surface area contributed by atoms with Crippen LogP contribution in [0.25, 0.3) is 0 Å². The van der Waals surface area contributed by atoms with Crippen molar-refractivity contribution in [1.82, 2.24) is 20.3 Å². The van der Waals surface area contributed by atoms with E-state index in [9.17, 15) is 0 Å². The van der Waals surface area contributed by atoms with Crippen LogP contribution in [-0.4, -0.2) is 27.6 Å². The third kappa shape index (κ3) is 1.98. The lowest BCUT2D eigenvalue weighted by Gasteiger charge is -2.15. The van der Waals surface area contributed by atoms with Gasteiger partial charge in [0.05, 0.1) is 18.4 Å². The summed E-state index contributed by atoms with van der Waals surface area (Å²) in [4.78, 5) is 0. The average molecular weight is 220 g/mol. The Hall–Kier alpha value is -0.900. The van der Waals surface area contributed by atoms with Crippen LogP contribution in [0.1, 0.15) is 50.1 Å². The van der Waals surface area contributed by atoms with Crippen molar-refractivity contribution in [2.45, 2.75) is 57.0 Å². The van der Waals surface area contributed by atoms with Gasteiger partial charge in [0.2, 0.25) is 0 Å². The van der Waals surface area contributed by atoms with Crippen molar-refractivity contribution in [2.24, 2.45) is 0 Å². The molecule has 1 N–H and O–H groups in total. The normalized spacial score (nSPS) is 26.6. The van der Waals surface area contributed by atoms with Crippen molar-refractivity contribution in [3.63, 3.8) is 0 Å². The molecule has 0 aromatic carbocycles. The summed E-state index contributed by atoms with van der Waals surface area (Å²) in [6.07, 6.45) is 9.96. The van der Waals surface area contributed by atoms with Crippen molar-refractivity contribution >= 4 is 0 Å². The number of nitrogens with zero attached hydrogens (tertiary/aromatic N) is 3. The Bertz CT molecular complexity index is 335. The Morgan fingerprint density at radius 1 is 1.25 bits per heavy atom. The summed E-state index contributed by atoms with van der Waals surface area (Å²) in [5.41, 5.74) is 1.37. The van der Waals surface area contributed by atoms with Crippen LogP contribution in [0.5, 0.6) is 0 Å². The van der Waals surface area contributed by atoms with Crippen LogP contribution in [0.15, 0.2) is 6.20 Å². The van der Waals surface area contributed by atoms with E-state index in [-0.39, 0.29) is 0 Å². The highest BCUT2D eigenvalue weighted by Crippen LogP contribution is 2.33. The van der Waals surface area contributed by atoms with E-state index in [0.29, 0.717) is 6.04 Å². The highest BCUT2D eigenvalue weighted by molar-refractivity contribution is 5.05. The second kappa shape index (κ2) is 4.53. The van der Waals surface area contributed by atoms with E-state index >= 15 is 0 Å². The largest absolute Gasteiger partial charge is 0.312 e. The SMILES string of the molecule is c1nnn(CC2CCCN2)c1C1CCCC1. The van der Waals surface area contributed by atoms with Crippen LogP contribution in [0.3, 0.4) is 0 Å². The molecule has 2 fully saturated rings. The maximum atomic E-state index is 4.25. The number of aromatic nitrogens is 3. The molecular weight excluding hydrogens is 200 g/mol. The quantitative estimate of drug-likeness (QED) is 0.843. The van der Waals surface area contributed by atoms with Crippen molar-refractivity contribution in [1.29, 1.82) is 0 Å². The zero-order chi connectivity index (χ0) is 10.8. The van der Waals surface area contributed by atoms with Crippen LogP contribution < -0.4 is 5.32 Å². The van der Waals surface area contributed by atoms with Crippen molar-refractivity contribution < 1.29 is 0 Å². The molecule has 1 aromatic heterocycles. The molecule has 4 nitrogen and oxygen atoms in total. The first kappa shape index (κ1) is 10.3. The highest BCUT2D eigenvalue weighted by Gasteiger charge is 2.23. The van der Waals surface area contributed by atoms with E-state index < -0.39 is 0 Å². The Kier molecular flexibility index (Phi) is 2.91. The highest BCUT2D eigenvalue weighted by atomic mass is 15.4. The van der Waals surface area contributed by atoms with Gasteiger partial charge in [-0.05, 0) is 32.2 Å². The molecule has 1 aliphatic heterocycles. The van der Waals surface area contributed by atoms with Gasteiger partial charge in [-0.3, -0.25) is 0 Å². The first-order chi connectivity index (χ1) is 7.93. The monoisotopic (exact) mass is 220 g/mol. The first-order valence-corrected chi connectivity index (χ1v) is 6.55. The summed E-state index contributed by atoms with van der Waals surface area (Å²) in [5, 5.41) is 11.9. The minimum atomic E-state index is 0.613. The summed E-state index contributed by atoms with van der Waals surface area (Å²) in [5.74, 6) is 0.719. The van der Waals surface area contributed by atoms with E-state index in [0.717, 1.165) is 19.0 Å². The van der Waals surface area contributed by atoms with Gasteiger partial charge >= 0.3 is 0 Å². The van der Waals surface area contributed by atoms with Gasteiger partial charge in [-0.15, -0.1) is 5.10 Å². The van der Waals surface area contributed by atoms with Crippen LogP contribution in [0, 0.1) is 0 Å². The van der Waals surface area contributed by atoms with Gasteiger partial charge in [-0.2, -0.15) is 0 Å². The third-order valence-electron chi connectivity index (χ3n) is 3.98. The minimum Gasteiger partial charge on any atom is -0.312 e. The minimum absolute atomic E-state index is 0.613. The maximum absolute atomic E-state index is 4.25. The molecule has 1 aliphatic carbocycles. The second-order valence-corrected chi connectivity index (χ2v) is 5.12. The standard InChI is InChI=1S/C12H20N4/c1-2-5-10(4-1)12-8-14-15-16(12)9-11-6-3-7-13-11/h8,10-11,13H,1-7,9H2. The first-order valence-electron chi connectivity index (χ1n) is 6.55. The van der Waals surface area contributed by atoms with Crippen LogP contribution in [0.2, 0.25) is 0 Å². The molecule has 3 rings (SSSR count). The molecule has 4 heteroatoms. The van der Waals surface area contributed by atoms with E-state index in [1.54, 1.807) is 0 Å². The zero-order valence-corrected chi connectivity index (χ0v) is 9.73. The van der Waals surface area contributed by atoms with Gasteiger partial charge in [-0.25, -0.2) is 4.68 Å². The zero-order valence-electron chi connectivity index (χ0n) is 9.73. The van der Waals surface area contributed by atoms with E-state index in [1.807, 2.05) is 6.20 Å². The Labute approximate surface area is 96.4 Å². The molecule has 0 spiro atoms. The van der Waals surface area contributed by atoms with E-state index in [4.69, 9.17) is 0 Å². The summed E-state index contributed by atoms with van der Waals surface area (Å²) in [7, 11) is 0. The number of nitrogens with one attached hydrogen (secondary N) is 1. The van der Waals surface area contributed by atoms with E-state index in [1.165, 1.54) is 44.2 Å². The van der Waals surface area contributed by atoms with Crippen molar-refractivity contribution in [3.8, 4) is 0 Å². The second-order valence-electron chi connectivity index (χ2n) is 5.12. The molecule has 1 aromatic rings. The fraction of sp³-hybridized carbons (Fsp3) is 0.833. The Morgan fingerprint density at radius 3 is 2.88 bits per heavy atom. The number of hydrogen-bond acceptors (Lipinski definition) is 3. The fourth-order valence-electron chi connectivity index (χ4n) is 3.07. The topological polar surface area (TPSA) is 42.7 Å². The van der Waals surface area contributed by atoms with Crippen molar-refractivity contribution in [2.75, 3.05) is 6.54 Å². The molecule has 1 atom stereocenters. The van der Waals surface area contributed by atoms with Gasteiger partial charge in [0.15, 0.2) is 0 Å². The van der Waals surface area contributed by atoms with E-state index in [2.05, 4.69) is 20.3 Å². The molecule has 2 heterocycles. The average Bonchev–Trinajstić information content (AvgIpc) is 2.98. The van der Waals surface area contributed by atoms with Gasteiger partial charge in [0, 0.05) is 12.0 Å². The molecule has 16 heavy (non-hydrogen) atoms. The lowest BCUT2D eigenvalue weighted by Crippen LogP contribution is -2.28. The summed E-state index contributed by atoms with van der Waals surface area (Å²) in [6.45, 7) is 2.17. The molecule has 1 saturated heterocycles. The maximum Gasteiger partial charge on any atom is 0.0728 e. The molecule has 1 unspecified atom stereocenters. The molecular formula is C12H20N4. The van der Waals surface area contributed by atoms with Gasteiger partial charge in [0.25, 0.3) is 0 Å². The lowest BCUT2D eigenvalue weighted by molar-refractivity contribution is 0.443. The van der Waals surface area contributed by atoms with Gasteiger partial charge in [-0.1, -0.05) is 18.1 Å². The molecule has 88 valence electrons. The predicted octanol–water partition coefficient (Wildman–Crippen LogP) is 1.69. The molecule has 0 radical (unpaired) electrons. The molecule has 0 amide bonds. The predicted molar refractivity (Wildman–Crippen MR) is 62.3 cm³/mol. The molecule has 1 saturated carbocycles. The smallest absolute Gasteiger partial charge is 0.0728 e. The summed E-state index contributed by atoms with van der Waals surface area (Å²) in [6, 6.07) is 0.613. The lowest BCUT2D eigenvalue weighted by atomic mass is 10.0. The van der Waals surface area contributed by atoms with Crippen LogP contribution in [-0.2, 0) is 6.54 Å². The fourth-order valence-corrected chi connectivity index (χ4v) is 3.07. The van der Waals surface area contributed by atoms with Gasteiger partial charge < -0.3 is 5.32 Å². The molecule has 0 bridgehead atoms. The summed E-state index contributed by atoms with van der Waals surface area (Å²) < 4.78 is 2.14. The van der Waals surface area contributed by atoms with Crippen molar-refractivity contribution in [3.05, 3.63) is 11.9 Å². The third-order valence-corrected chi connectivity index (χ3v) is 3.98. The molecule has 2 aliphatic rings. The summed E-state index contributed by atoms with van der Waals surface area (Å²) >= 11 is 0. The number of rotatable bonds is 3. The Balaban J connectivity index is 1.71. The van der Waals surface area contributed by atoms with Gasteiger partial charge in [0.1, 0.15) is 0 Å². The van der Waals surface area contributed by atoms with Crippen LogP contribution >= 0.6 is 0 Å². The number of hydrogen-bond donors (Lipinski definition) is 1.